The minimum atomic E-state index is -0.936. The molecule has 6 nitrogen and oxygen atoms in total. The zero-order valence-electron chi connectivity index (χ0n) is 24.1. The van der Waals surface area contributed by atoms with E-state index >= 15 is 0 Å². The maximum atomic E-state index is 11.2. The van der Waals surface area contributed by atoms with Crippen LogP contribution in [-0.4, -0.2) is 47.3 Å². The first-order valence-electron chi connectivity index (χ1n) is 14.6. The van der Waals surface area contributed by atoms with Gasteiger partial charge in [0.1, 0.15) is 5.75 Å². The monoisotopic (exact) mass is 557 g/mol. The number of carbonyl (C=O) groups is 2. The van der Waals surface area contributed by atoms with Gasteiger partial charge in [-0.05, 0) is 87.4 Å². The first kappa shape index (κ1) is 31.6. The van der Waals surface area contributed by atoms with Crippen LogP contribution in [0.5, 0.6) is 5.75 Å². The van der Waals surface area contributed by atoms with Gasteiger partial charge >= 0.3 is 11.9 Å². The highest BCUT2D eigenvalue weighted by molar-refractivity contribution is 5.87. The average molecular weight is 558 g/mol. The summed E-state index contributed by atoms with van der Waals surface area (Å²) >= 11 is 0. The van der Waals surface area contributed by atoms with Crippen LogP contribution in [0.25, 0.3) is 6.08 Å². The van der Waals surface area contributed by atoms with Gasteiger partial charge in [0.25, 0.3) is 0 Å². The van der Waals surface area contributed by atoms with Crippen LogP contribution in [0.4, 0.5) is 0 Å². The summed E-state index contributed by atoms with van der Waals surface area (Å²) in [4.78, 5) is 24.5. The molecule has 0 aliphatic carbocycles. The SMILES string of the molecule is CN(CCCCCOc1ccccc1C=CC(CCCCC(=O)O)Cc1ccc(C(=O)O)cc1)Cc1ccccc1. The number of para-hydroxylation sites is 1. The second-order valence-corrected chi connectivity index (χ2v) is 10.6. The normalized spacial score (nSPS) is 12.0. The summed E-state index contributed by atoms with van der Waals surface area (Å²) < 4.78 is 6.17. The van der Waals surface area contributed by atoms with Crippen LogP contribution in [0.15, 0.2) is 84.9 Å². The van der Waals surface area contributed by atoms with Crippen molar-refractivity contribution in [1.29, 1.82) is 0 Å². The molecule has 0 heterocycles. The van der Waals surface area contributed by atoms with E-state index < -0.39 is 11.9 Å². The molecule has 0 aliphatic rings. The molecule has 1 unspecified atom stereocenters. The van der Waals surface area contributed by atoms with Crippen molar-refractivity contribution in [2.24, 2.45) is 5.92 Å². The molecule has 0 fully saturated rings. The van der Waals surface area contributed by atoms with Crippen molar-refractivity contribution in [3.05, 3.63) is 107 Å². The summed E-state index contributed by atoms with van der Waals surface area (Å²) in [6.45, 7) is 2.69. The van der Waals surface area contributed by atoms with Crippen molar-refractivity contribution in [3.63, 3.8) is 0 Å². The van der Waals surface area contributed by atoms with E-state index in [1.165, 1.54) is 5.56 Å². The number of benzene rings is 3. The van der Waals surface area contributed by atoms with Crippen LogP contribution >= 0.6 is 0 Å². The van der Waals surface area contributed by atoms with Gasteiger partial charge in [-0.15, -0.1) is 0 Å². The van der Waals surface area contributed by atoms with Crippen LogP contribution in [0.1, 0.15) is 72.0 Å². The van der Waals surface area contributed by atoms with E-state index in [1.807, 2.05) is 42.5 Å². The number of aromatic carboxylic acids is 1. The van der Waals surface area contributed by atoms with Crippen molar-refractivity contribution in [2.45, 2.75) is 57.9 Å². The number of rotatable bonds is 19. The summed E-state index contributed by atoms with van der Waals surface area (Å²) in [6.07, 6.45) is 10.7. The van der Waals surface area contributed by atoms with Crippen molar-refractivity contribution in [1.82, 2.24) is 4.90 Å². The summed E-state index contributed by atoms with van der Waals surface area (Å²) in [5.41, 5.74) is 3.68. The number of aliphatic carboxylic acids is 1. The van der Waals surface area contributed by atoms with E-state index in [0.717, 1.165) is 68.5 Å². The second kappa shape index (κ2) is 17.7. The molecule has 3 aromatic carbocycles. The largest absolute Gasteiger partial charge is 0.493 e. The molecular weight excluding hydrogens is 514 g/mol. The molecule has 0 saturated heterocycles. The lowest BCUT2D eigenvalue weighted by Crippen LogP contribution is -2.19. The number of unbranched alkanes of at least 4 members (excludes halogenated alkanes) is 3. The number of allylic oxidation sites excluding steroid dienone is 1. The lowest BCUT2D eigenvalue weighted by Gasteiger charge is -2.16. The van der Waals surface area contributed by atoms with Crippen LogP contribution in [0, 0.1) is 5.92 Å². The standard InChI is InChI=1S/C35H43NO5/c1-36(27-30-13-4-2-5-14-30)24-10-3-11-25-41-33-16-8-7-15-31(33)21-18-28(12-6-9-17-34(37)38)26-29-19-22-32(23-20-29)35(39)40/h2,4-5,7-8,13-16,18-23,28H,3,6,9-12,17,24-27H2,1H3,(H,37,38)(H,39,40). The van der Waals surface area contributed by atoms with Gasteiger partial charge in [-0.3, -0.25) is 4.79 Å². The number of nitrogens with zero attached hydrogens (tertiary/aromatic N) is 1. The van der Waals surface area contributed by atoms with Gasteiger partial charge in [0.15, 0.2) is 0 Å². The first-order valence-corrected chi connectivity index (χ1v) is 14.6. The second-order valence-electron chi connectivity index (χ2n) is 10.6. The molecule has 2 N–H and O–H groups in total. The number of hydrogen-bond acceptors (Lipinski definition) is 4. The molecule has 0 saturated carbocycles. The Morgan fingerprint density at radius 1 is 0.829 bits per heavy atom. The molecule has 0 radical (unpaired) electrons. The third kappa shape index (κ3) is 12.4. The van der Waals surface area contributed by atoms with Crippen molar-refractivity contribution < 1.29 is 24.5 Å². The minimum absolute atomic E-state index is 0.170. The number of carboxylic acid groups (broad SMARTS) is 2. The van der Waals surface area contributed by atoms with Crippen LogP contribution < -0.4 is 4.74 Å². The Hall–Kier alpha value is -3.90. The molecule has 0 bridgehead atoms. The fourth-order valence-electron chi connectivity index (χ4n) is 4.84. The Balaban J connectivity index is 1.50. The van der Waals surface area contributed by atoms with E-state index in [2.05, 4.69) is 48.4 Å². The van der Waals surface area contributed by atoms with Gasteiger partial charge in [-0.25, -0.2) is 4.79 Å². The Labute approximate surface area is 244 Å². The molecule has 6 heteroatoms. The molecular formula is C35H43NO5. The van der Waals surface area contributed by atoms with Crippen molar-refractivity contribution in [2.75, 3.05) is 20.2 Å². The Kier molecular flexibility index (Phi) is 13.7. The van der Waals surface area contributed by atoms with Crippen LogP contribution in [0.3, 0.4) is 0 Å². The lowest BCUT2D eigenvalue weighted by atomic mass is 9.92. The Bertz CT molecular complexity index is 1220. The molecule has 0 amide bonds. The molecule has 41 heavy (non-hydrogen) atoms. The summed E-state index contributed by atoms with van der Waals surface area (Å²) in [5, 5.41) is 18.2. The number of hydrogen-bond donors (Lipinski definition) is 2. The zero-order chi connectivity index (χ0) is 29.3. The van der Waals surface area contributed by atoms with Crippen molar-refractivity contribution in [3.8, 4) is 5.75 Å². The fraction of sp³-hybridized carbons (Fsp3) is 0.371. The Morgan fingerprint density at radius 3 is 2.29 bits per heavy atom. The van der Waals surface area contributed by atoms with E-state index in [1.54, 1.807) is 12.1 Å². The quantitative estimate of drug-likeness (QED) is 0.148. The number of carboxylic acids is 2. The third-order valence-electron chi connectivity index (χ3n) is 7.12. The molecule has 0 aromatic heterocycles. The van der Waals surface area contributed by atoms with Crippen molar-refractivity contribution >= 4 is 18.0 Å². The van der Waals surface area contributed by atoms with Gasteiger partial charge in [0.05, 0.1) is 12.2 Å². The van der Waals surface area contributed by atoms with Gasteiger partial charge in [-0.2, -0.15) is 0 Å². The van der Waals surface area contributed by atoms with Gasteiger partial charge in [0, 0.05) is 18.5 Å². The maximum absolute atomic E-state index is 11.2. The smallest absolute Gasteiger partial charge is 0.335 e. The highest BCUT2D eigenvalue weighted by Gasteiger charge is 2.10. The van der Waals surface area contributed by atoms with E-state index in [-0.39, 0.29) is 17.9 Å². The van der Waals surface area contributed by atoms with Gasteiger partial charge in [0.2, 0.25) is 0 Å². The lowest BCUT2D eigenvalue weighted by molar-refractivity contribution is -0.137. The predicted octanol–water partition coefficient (Wildman–Crippen LogP) is 7.58. The van der Waals surface area contributed by atoms with Gasteiger partial charge < -0.3 is 19.8 Å². The average Bonchev–Trinajstić information content (AvgIpc) is 2.97. The Morgan fingerprint density at radius 2 is 1.56 bits per heavy atom. The highest BCUT2D eigenvalue weighted by Crippen LogP contribution is 2.24. The summed E-state index contributed by atoms with van der Waals surface area (Å²) in [7, 11) is 2.16. The van der Waals surface area contributed by atoms with Crippen LogP contribution in [-0.2, 0) is 17.8 Å². The molecule has 3 rings (SSSR count). The van der Waals surface area contributed by atoms with Gasteiger partial charge in [-0.1, -0.05) is 79.2 Å². The third-order valence-corrected chi connectivity index (χ3v) is 7.12. The van der Waals surface area contributed by atoms with E-state index in [0.29, 0.717) is 13.0 Å². The molecule has 218 valence electrons. The van der Waals surface area contributed by atoms with Crippen LogP contribution in [0.2, 0.25) is 0 Å². The zero-order valence-corrected chi connectivity index (χ0v) is 24.1. The molecule has 3 aromatic rings. The summed E-state index contributed by atoms with van der Waals surface area (Å²) in [6, 6.07) is 25.6. The fourth-order valence-corrected chi connectivity index (χ4v) is 4.84. The summed E-state index contributed by atoms with van der Waals surface area (Å²) in [5.74, 6) is -0.652. The topological polar surface area (TPSA) is 87.1 Å². The number of ether oxygens (including phenoxy) is 1. The van der Waals surface area contributed by atoms with E-state index in [9.17, 15) is 14.7 Å². The first-order chi connectivity index (χ1) is 19.9. The highest BCUT2D eigenvalue weighted by atomic mass is 16.5. The maximum Gasteiger partial charge on any atom is 0.335 e. The van der Waals surface area contributed by atoms with E-state index in [4.69, 9.17) is 9.84 Å². The molecule has 0 spiro atoms. The molecule has 0 aliphatic heterocycles. The minimum Gasteiger partial charge on any atom is -0.493 e. The predicted molar refractivity (Wildman–Crippen MR) is 164 cm³/mol. The molecule has 1 atom stereocenters.